The quantitative estimate of drug-likeness (QED) is 0.901. The fourth-order valence-electron chi connectivity index (χ4n) is 3.79. The van der Waals surface area contributed by atoms with Gasteiger partial charge < -0.3 is 10.1 Å². The van der Waals surface area contributed by atoms with Crippen molar-refractivity contribution < 1.29 is 4.74 Å². The maximum absolute atomic E-state index is 5.60. The van der Waals surface area contributed by atoms with E-state index in [1.165, 1.54) is 49.0 Å². The Hall–Kier alpha value is -0.860. The van der Waals surface area contributed by atoms with Crippen molar-refractivity contribution in [3.8, 4) is 0 Å². The number of piperidine rings is 1. The standard InChI is InChI=1S/C17H25NO/c1-13-5-6-16(14(2)8-13)17(11-19-12-17)9-15-4-3-7-18-10-15/h5-6,8,15,18H,3-4,7,9-12H2,1-2H3. The molecule has 0 amide bonds. The van der Waals surface area contributed by atoms with Crippen LogP contribution < -0.4 is 5.32 Å². The first-order valence-electron chi connectivity index (χ1n) is 7.56. The first-order chi connectivity index (χ1) is 9.20. The topological polar surface area (TPSA) is 21.3 Å². The second-order valence-corrected chi connectivity index (χ2v) is 6.51. The van der Waals surface area contributed by atoms with E-state index in [1.54, 1.807) is 0 Å². The number of rotatable bonds is 3. The number of hydrogen-bond donors (Lipinski definition) is 1. The summed E-state index contributed by atoms with van der Waals surface area (Å²) in [5, 5.41) is 3.54. The Morgan fingerprint density at radius 1 is 1.32 bits per heavy atom. The molecule has 0 spiro atoms. The predicted molar refractivity (Wildman–Crippen MR) is 78.6 cm³/mol. The molecule has 0 radical (unpaired) electrons. The third-order valence-electron chi connectivity index (χ3n) is 4.79. The van der Waals surface area contributed by atoms with E-state index >= 15 is 0 Å². The number of hydrogen-bond acceptors (Lipinski definition) is 2. The zero-order valence-electron chi connectivity index (χ0n) is 12.2. The molecule has 1 unspecified atom stereocenters. The highest BCUT2D eigenvalue weighted by Gasteiger charge is 2.42. The third kappa shape index (κ3) is 2.56. The van der Waals surface area contributed by atoms with Crippen LogP contribution in [0.2, 0.25) is 0 Å². The summed E-state index contributed by atoms with van der Waals surface area (Å²) in [4.78, 5) is 0. The van der Waals surface area contributed by atoms with Crippen molar-refractivity contribution in [3.05, 3.63) is 34.9 Å². The average Bonchev–Trinajstić information content (AvgIpc) is 2.36. The van der Waals surface area contributed by atoms with Gasteiger partial charge in [0.15, 0.2) is 0 Å². The predicted octanol–water partition coefficient (Wildman–Crippen LogP) is 2.96. The fourth-order valence-corrected chi connectivity index (χ4v) is 3.79. The van der Waals surface area contributed by atoms with Crippen LogP contribution in [0.15, 0.2) is 18.2 Å². The first-order valence-corrected chi connectivity index (χ1v) is 7.56. The SMILES string of the molecule is Cc1ccc(C2(CC3CCCNC3)COC2)c(C)c1. The van der Waals surface area contributed by atoms with Crippen molar-refractivity contribution >= 4 is 0 Å². The van der Waals surface area contributed by atoms with Gasteiger partial charge in [0.2, 0.25) is 0 Å². The largest absolute Gasteiger partial charge is 0.379 e. The molecule has 1 aromatic rings. The number of aryl methyl sites for hydroxylation is 2. The molecule has 1 atom stereocenters. The van der Waals surface area contributed by atoms with Crippen molar-refractivity contribution in [1.29, 1.82) is 0 Å². The summed E-state index contributed by atoms with van der Waals surface area (Å²) in [6, 6.07) is 6.90. The van der Waals surface area contributed by atoms with Crippen LogP contribution in [-0.4, -0.2) is 26.3 Å². The molecule has 0 bridgehead atoms. The highest BCUT2D eigenvalue weighted by Crippen LogP contribution is 2.41. The Morgan fingerprint density at radius 2 is 2.16 bits per heavy atom. The molecule has 2 saturated heterocycles. The Kier molecular flexibility index (Phi) is 3.64. The van der Waals surface area contributed by atoms with E-state index in [2.05, 4.69) is 37.4 Å². The molecule has 1 aromatic carbocycles. The minimum Gasteiger partial charge on any atom is -0.379 e. The monoisotopic (exact) mass is 259 g/mol. The van der Waals surface area contributed by atoms with Crippen LogP contribution in [0, 0.1) is 19.8 Å². The molecule has 3 rings (SSSR count). The van der Waals surface area contributed by atoms with Gasteiger partial charge in [-0.15, -0.1) is 0 Å². The van der Waals surface area contributed by atoms with Crippen molar-refractivity contribution in [2.45, 2.75) is 38.5 Å². The number of ether oxygens (including phenoxy) is 1. The molecule has 2 heteroatoms. The first kappa shape index (κ1) is 13.1. The van der Waals surface area contributed by atoms with E-state index in [9.17, 15) is 0 Å². The molecular weight excluding hydrogens is 234 g/mol. The Bertz CT molecular complexity index is 445. The summed E-state index contributed by atoms with van der Waals surface area (Å²) in [5.41, 5.74) is 4.61. The highest BCUT2D eigenvalue weighted by molar-refractivity contribution is 5.38. The van der Waals surface area contributed by atoms with E-state index in [0.29, 0.717) is 5.41 Å². The molecule has 2 aliphatic heterocycles. The Balaban J connectivity index is 1.81. The van der Waals surface area contributed by atoms with Crippen LogP contribution in [0.5, 0.6) is 0 Å². The van der Waals surface area contributed by atoms with Gasteiger partial charge in [-0.05, 0) is 63.2 Å². The summed E-state index contributed by atoms with van der Waals surface area (Å²) in [5.74, 6) is 0.818. The number of nitrogens with one attached hydrogen (secondary N) is 1. The van der Waals surface area contributed by atoms with Crippen molar-refractivity contribution in [1.82, 2.24) is 5.32 Å². The molecule has 2 fully saturated rings. The van der Waals surface area contributed by atoms with Gasteiger partial charge >= 0.3 is 0 Å². The van der Waals surface area contributed by atoms with E-state index in [0.717, 1.165) is 19.1 Å². The van der Waals surface area contributed by atoms with E-state index in [1.807, 2.05) is 0 Å². The summed E-state index contributed by atoms with van der Waals surface area (Å²) < 4.78 is 5.60. The van der Waals surface area contributed by atoms with Gasteiger partial charge in [0.05, 0.1) is 13.2 Å². The zero-order chi connectivity index (χ0) is 13.3. The molecule has 104 valence electrons. The van der Waals surface area contributed by atoms with Crippen molar-refractivity contribution in [3.63, 3.8) is 0 Å². The summed E-state index contributed by atoms with van der Waals surface area (Å²) in [7, 11) is 0. The van der Waals surface area contributed by atoms with E-state index in [-0.39, 0.29) is 0 Å². The summed E-state index contributed by atoms with van der Waals surface area (Å²) in [6.45, 7) is 8.63. The lowest BCUT2D eigenvalue weighted by Crippen LogP contribution is -2.50. The molecule has 19 heavy (non-hydrogen) atoms. The molecule has 0 aromatic heterocycles. The third-order valence-corrected chi connectivity index (χ3v) is 4.79. The van der Waals surface area contributed by atoms with Gasteiger partial charge in [-0.3, -0.25) is 0 Å². The molecule has 2 aliphatic rings. The minimum atomic E-state index is 0.293. The van der Waals surface area contributed by atoms with E-state index in [4.69, 9.17) is 4.74 Å². The van der Waals surface area contributed by atoms with Crippen molar-refractivity contribution in [2.75, 3.05) is 26.3 Å². The van der Waals surface area contributed by atoms with Gasteiger partial charge in [-0.25, -0.2) is 0 Å². The average molecular weight is 259 g/mol. The zero-order valence-corrected chi connectivity index (χ0v) is 12.2. The molecule has 2 nitrogen and oxygen atoms in total. The molecule has 0 aliphatic carbocycles. The van der Waals surface area contributed by atoms with Crippen LogP contribution in [0.25, 0.3) is 0 Å². The van der Waals surface area contributed by atoms with Gasteiger partial charge in [0.1, 0.15) is 0 Å². The Morgan fingerprint density at radius 3 is 2.74 bits per heavy atom. The second kappa shape index (κ2) is 5.26. The van der Waals surface area contributed by atoms with Gasteiger partial charge in [-0.2, -0.15) is 0 Å². The molecule has 2 heterocycles. The molecular formula is C17H25NO. The van der Waals surface area contributed by atoms with Crippen molar-refractivity contribution in [2.24, 2.45) is 5.92 Å². The lowest BCUT2D eigenvalue weighted by atomic mass is 9.69. The highest BCUT2D eigenvalue weighted by atomic mass is 16.5. The molecule has 1 N–H and O–H groups in total. The maximum Gasteiger partial charge on any atom is 0.0585 e. The van der Waals surface area contributed by atoms with Crippen LogP contribution >= 0.6 is 0 Å². The van der Waals surface area contributed by atoms with Gasteiger partial charge in [0.25, 0.3) is 0 Å². The molecule has 0 saturated carbocycles. The van der Waals surface area contributed by atoms with Gasteiger partial charge in [-0.1, -0.05) is 23.8 Å². The second-order valence-electron chi connectivity index (χ2n) is 6.51. The van der Waals surface area contributed by atoms with Crippen LogP contribution in [0.3, 0.4) is 0 Å². The van der Waals surface area contributed by atoms with Crippen LogP contribution in [0.1, 0.15) is 36.0 Å². The minimum absolute atomic E-state index is 0.293. The lowest BCUT2D eigenvalue weighted by Gasteiger charge is -2.45. The number of benzene rings is 1. The van der Waals surface area contributed by atoms with Crippen LogP contribution in [-0.2, 0) is 10.2 Å². The van der Waals surface area contributed by atoms with E-state index < -0.39 is 0 Å². The summed E-state index contributed by atoms with van der Waals surface area (Å²) >= 11 is 0. The Labute approximate surface area is 116 Å². The maximum atomic E-state index is 5.60. The smallest absolute Gasteiger partial charge is 0.0585 e. The van der Waals surface area contributed by atoms with Gasteiger partial charge in [0, 0.05) is 5.41 Å². The normalized spacial score (nSPS) is 25.9. The summed E-state index contributed by atoms with van der Waals surface area (Å²) in [6.07, 6.45) is 3.98. The lowest BCUT2D eigenvalue weighted by molar-refractivity contribution is -0.0729. The fraction of sp³-hybridized carbons (Fsp3) is 0.647. The van der Waals surface area contributed by atoms with Crippen LogP contribution in [0.4, 0.5) is 0 Å².